The van der Waals surface area contributed by atoms with E-state index in [4.69, 9.17) is 10.5 Å². The molecule has 0 aliphatic carbocycles. The lowest BCUT2D eigenvalue weighted by atomic mass is 10.1. The van der Waals surface area contributed by atoms with Gasteiger partial charge in [0.1, 0.15) is 0 Å². The normalized spacial score (nSPS) is 10.3. The first-order valence-electron chi connectivity index (χ1n) is 5.65. The van der Waals surface area contributed by atoms with E-state index in [0.717, 1.165) is 23.4 Å². The molecule has 0 aliphatic heterocycles. The van der Waals surface area contributed by atoms with Crippen molar-refractivity contribution in [1.82, 2.24) is 9.97 Å². The van der Waals surface area contributed by atoms with Gasteiger partial charge in [-0.2, -0.15) is 0 Å². The third-order valence-electron chi connectivity index (χ3n) is 2.63. The Hall–Kier alpha value is -2.30. The molecule has 0 fully saturated rings. The van der Waals surface area contributed by atoms with Gasteiger partial charge in [-0.1, -0.05) is 6.92 Å². The summed E-state index contributed by atoms with van der Waals surface area (Å²) in [6.07, 6.45) is 0.787. The van der Waals surface area contributed by atoms with Crippen molar-refractivity contribution in [3.05, 3.63) is 30.0 Å². The molecule has 0 aliphatic rings. The number of ether oxygens (including phenoxy) is 1. The average Bonchev–Trinajstić information content (AvgIpc) is 2.38. The minimum Gasteiger partial charge on any atom is -0.504 e. The van der Waals surface area contributed by atoms with Crippen LogP contribution in [-0.4, -0.2) is 22.2 Å². The molecule has 1 aromatic heterocycles. The van der Waals surface area contributed by atoms with E-state index >= 15 is 0 Å². The summed E-state index contributed by atoms with van der Waals surface area (Å²) in [7, 11) is 1.50. The molecular weight excluding hydrogens is 230 g/mol. The molecular formula is C13H15N3O2. The molecule has 0 unspecified atom stereocenters. The van der Waals surface area contributed by atoms with Crippen molar-refractivity contribution in [3.63, 3.8) is 0 Å². The molecule has 0 bridgehead atoms. The molecule has 2 aromatic rings. The van der Waals surface area contributed by atoms with Gasteiger partial charge in [-0.25, -0.2) is 9.97 Å². The highest BCUT2D eigenvalue weighted by molar-refractivity contribution is 5.64. The first-order valence-corrected chi connectivity index (χ1v) is 5.65. The number of benzene rings is 1. The van der Waals surface area contributed by atoms with Gasteiger partial charge in [-0.3, -0.25) is 0 Å². The predicted octanol–water partition coefficient (Wildman–Crippen LogP) is 2.00. The van der Waals surface area contributed by atoms with E-state index in [2.05, 4.69) is 9.97 Å². The number of aromatic nitrogens is 2. The van der Waals surface area contributed by atoms with Gasteiger partial charge in [0, 0.05) is 11.3 Å². The maximum atomic E-state index is 9.55. The highest BCUT2D eigenvalue weighted by atomic mass is 16.5. The lowest BCUT2D eigenvalue weighted by Gasteiger charge is -2.08. The summed E-state index contributed by atoms with van der Waals surface area (Å²) < 4.78 is 5.07. The first kappa shape index (κ1) is 12.2. The number of aromatic hydroxyl groups is 1. The molecule has 0 saturated heterocycles. The van der Waals surface area contributed by atoms with Gasteiger partial charge in [0.25, 0.3) is 0 Å². The van der Waals surface area contributed by atoms with Crippen molar-refractivity contribution < 1.29 is 9.84 Å². The molecule has 5 heteroatoms. The van der Waals surface area contributed by atoms with Gasteiger partial charge in [-0.15, -0.1) is 0 Å². The molecule has 0 spiro atoms. The topological polar surface area (TPSA) is 81.3 Å². The zero-order valence-electron chi connectivity index (χ0n) is 10.3. The van der Waals surface area contributed by atoms with E-state index in [1.54, 1.807) is 18.2 Å². The number of rotatable bonds is 3. The lowest BCUT2D eigenvalue weighted by molar-refractivity contribution is 0.373. The van der Waals surface area contributed by atoms with Crippen LogP contribution in [0, 0.1) is 0 Å². The van der Waals surface area contributed by atoms with E-state index in [1.165, 1.54) is 7.11 Å². The third-order valence-corrected chi connectivity index (χ3v) is 2.63. The fourth-order valence-corrected chi connectivity index (χ4v) is 1.68. The zero-order chi connectivity index (χ0) is 13.1. The second kappa shape index (κ2) is 4.91. The SMILES string of the molecule is CCc1cc(-c2ccc(O)c(OC)c2)nc(N)n1. The summed E-state index contributed by atoms with van der Waals surface area (Å²) >= 11 is 0. The van der Waals surface area contributed by atoms with Crippen molar-refractivity contribution in [3.8, 4) is 22.8 Å². The van der Waals surface area contributed by atoms with Crippen LogP contribution in [0.25, 0.3) is 11.3 Å². The van der Waals surface area contributed by atoms with Crippen molar-refractivity contribution in [2.45, 2.75) is 13.3 Å². The molecule has 94 valence electrons. The Morgan fingerprint density at radius 3 is 2.72 bits per heavy atom. The minimum absolute atomic E-state index is 0.0963. The maximum absolute atomic E-state index is 9.55. The summed E-state index contributed by atoms with van der Waals surface area (Å²) in [5, 5.41) is 9.55. The second-order valence-corrected chi connectivity index (χ2v) is 3.84. The maximum Gasteiger partial charge on any atom is 0.220 e. The molecule has 2 rings (SSSR count). The standard InChI is InChI=1S/C13H15N3O2/c1-3-9-7-10(16-13(14)15-9)8-4-5-11(17)12(6-8)18-2/h4-7,17H,3H2,1-2H3,(H2,14,15,16). The molecule has 0 saturated carbocycles. The molecule has 0 amide bonds. The number of nitrogen functional groups attached to an aromatic ring is 1. The molecule has 3 N–H and O–H groups in total. The third kappa shape index (κ3) is 2.34. The Morgan fingerprint density at radius 2 is 2.06 bits per heavy atom. The minimum atomic E-state index is 0.0963. The molecule has 0 radical (unpaired) electrons. The van der Waals surface area contributed by atoms with Crippen LogP contribution in [-0.2, 0) is 6.42 Å². The Labute approximate surface area is 105 Å². The summed E-state index contributed by atoms with van der Waals surface area (Å²) in [5.41, 5.74) is 8.10. The van der Waals surface area contributed by atoms with E-state index < -0.39 is 0 Å². The second-order valence-electron chi connectivity index (χ2n) is 3.84. The van der Waals surface area contributed by atoms with Crippen LogP contribution in [0.15, 0.2) is 24.3 Å². The Kier molecular flexibility index (Phi) is 3.32. The summed E-state index contributed by atoms with van der Waals surface area (Å²) in [4.78, 5) is 8.31. The van der Waals surface area contributed by atoms with Crippen LogP contribution in [0.1, 0.15) is 12.6 Å². The van der Waals surface area contributed by atoms with Crippen LogP contribution in [0.4, 0.5) is 5.95 Å². The summed E-state index contributed by atoms with van der Waals surface area (Å²) in [5.74, 6) is 0.748. The van der Waals surface area contributed by atoms with Gasteiger partial charge in [0.15, 0.2) is 11.5 Å². The predicted molar refractivity (Wildman–Crippen MR) is 69.5 cm³/mol. The van der Waals surface area contributed by atoms with Gasteiger partial charge < -0.3 is 15.6 Å². The number of nitrogens with two attached hydrogens (primary N) is 1. The number of phenols is 1. The number of nitrogens with zero attached hydrogens (tertiary/aromatic N) is 2. The Morgan fingerprint density at radius 1 is 1.28 bits per heavy atom. The summed E-state index contributed by atoms with van der Waals surface area (Å²) in [6.45, 7) is 2.00. The van der Waals surface area contributed by atoms with Crippen LogP contribution in [0.5, 0.6) is 11.5 Å². The largest absolute Gasteiger partial charge is 0.504 e. The van der Waals surface area contributed by atoms with Gasteiger partial charge in [-0.05, 0) is 30.7 Å². The van der Waals surface area contributed by atoms with Crippen LogP contribution in [0.2, 0.25) is 0 Å². The molecule has 1 aromatic carbocycles. The van der Waals surface area contributed by atoms with Crippen LogP contribution >= 0.6 is 0 Å². The molecule has 0 atom stereocenters. The molecule has 18 heavy (non-hydrogen) atoms. The number of anilines is 1. The average molecular weight is 245 g/mol. The van der Waals surface area contributed by atoms with E-state index in [-0.39, 0.29) is 11.7 Å². The highest BCUT2D eigenvalue weighted by Crippen LogP contribution is 2.30. The van der Waals surface area contributed by atoms with Gasteiger partial charge in [0.2, 0.25) is 5.95 Å². The quantitative estimate of drug-likeness (QED) is 0.864. The van der Waals surface area contributed by atoms with Crippen molar-refractivity contribution in [1.29, 1.82) is 0 Å². The monoisotopic (exact) mass is 245 g/mol. The van der Waals surface area contributed by atoms with Crippen molar-refractivity contribution in [2.24, 2.45) is 0 Å². The molecule has 5 nitrogen and oxygen atoms in total. The highest BCUT2D eigenvalue weighted by Gasteiger charge is 2.08. The van der Waals surface area contributed by atoms with E-state index in [0.29, 0.717) is 5.75 Å². The zero-order valence-corrected chi connectivity index (χ0v) is 10.3. The van der Waals surface area contributed by atoms with Crippen molar-refractivity contribution in [2.75, 3.05) is 12.8 Å². The van der Waals surface area contributed by atoms with Crippen molar-refractivity contribution >= 4 is 5.95 Å². The van der Waals surface area contributed by atoms with Crippen LogP contribution in [0.3, 0.4) is 0 Å². The fraction of sp³-hybridized carbons (Fsp3) is 0.231. The lowest BCUT2D eigenvalue weighted by Crippen LogP contribution is -2.00. The first-order chi connectivity index (χ1) is 8.63. The number of methoxy groups -OCH3 is 1. The van der Waals surface area contributed by atoms with Gasteiger partial charge in [0.05, 0.1) is 12.8 Å². The number of phenolic OH excluding ortho intramolecular Hbond substituents is 1. The summed E-state index contributed by atoms with van der Waals surface area (Å²) in [6, 6.07) is 6.93. The van der Waals surface area contributed by atoms with E-state index in [9.17, 15) is 5.11 Å². The van der Waals surface area contributed by atoms with Gasteiger partial charge >= 0.3 is 0 Å². The fourth-order valence-electron chi connectivity index (χ4n) is 1.68. The number of aryl methyl sites for hydroxylation is 1. The Balaban J connectivity index is 2.51. The number of hydrogen-bond acceptors (Lipinski definition) is 5. The Bertz CT molecular complexity index is 570. The van der Waals surface area contributed by atoms with Crippen LogP contribution < -0.4 is 10.5 Å². The van der Waals surface area contributed by atoms with E-state index in [1.807, 2.05) is 13.0 Å². The smallest absolute Gasteiger partial charge is 0.220 e. The molecule has 1 heterocycles. The number of hydrogen-bond donors (Lipinski definition) is 2.